The Labute approximate surface area is 224 Å². The van der Waals surface area contributed by atoms with Gasteiger partial charge in [0.1, 0.15) is 11.8 Å². The molecule has 1 N–H and O–H groups in total. The van der Waals surface area contributed by atoms with E-state index in [-0.39, 0.29) is 31.0 Å². The second-order valence-electron chi connectivity index (χ2n) is 8.72. The van der Waals surface area contributed by atoms with Crippen molar-refractivity contribution in [3.8, 4) is 5.75 Å². The van der Waals surface area contributed by atoms with Crippen LogP contribution >= 0.6 is 31.9 Å². The van der Waals surface area contributed by atoms with Crippen LogP contribution in [-0.4, -0.2) is 35.4 Å². The van der Waals surface area contributed by atoms with Gasteiger partial charge in [-0.25, -0.2) is 0 Å². The fraction of sp³-hybridized carbons (Fsp3) is 0.286. The van der Waals surface area contributed by atoms with Crippen LogP contribution in [0.1, 0.15) is 30.5 Å². The number of rotatable bonds is 10. The van der Waals surface area contributed by atoms with E-state index >= 15 is 0 Å². The van der Waals surface area contributed by atoms with Crippen molar-refractivity contribution in [1.82, 2.24) is 10.2 Å². The highest BCUT2D eigenvalue weighted by atomic mass is 79.9. The Hall–Kier alpha value is -2.64. The maximum absolute atomic E-state index is 13.6. The lowest BCUT2D eigenvalue weighted by molar-refractivity contribution is -0.143. The van der Waals surface area contributed by atoms with Crippen molar-refractivity contribution in [1.29, 1.82) is 0 Å². The summed E-state index contributed by atoms with van der Waals surface area (Å²) in [6.07, 6.45) is 0.399. The zero-order chi connectivity index (χ0) is 25.4. The number of amides is 2. The molecule has 0 bridgehead atoms. The van der Waals surface area contributed by atoms with E-state index in [1.807, 2.05) is 93.6 Å². The molecule has 0 saturated heterocycles. The molecule has 0 spiro atoms. The summed E-state index contributed by atoms with van der Waals surface area (Å²) in [6.45, 7) is 5.90. The number of hydrogen-bond donors (Lipinski definition) is 1. The first-order chi connectivity index (χ1) is 16.7. The summed E-state index contributed by atoms with van der Waals surface area (Å²) in [5.41, 5.74) is 2.91. The van der Waals surface area contributed by atoms with Gasteiger partial charge < -0.3 is 15.0 Å². The molecule has 184 valence electrons. The zero-order valence-corrected chi connectivity index (χ0v) is 23.3. The molecule has 0 fully saturated rings. The normalized spacial score (nSPS) is 11.7. The molecular formula is C28H30Br2N2O3. The Morgan fingerprint density at radius 1 is 0.943 bits per heavy atom. The number of carbonyl (C=O) groups excluding carboxylic acids is 2. The average Bonchev–Trinajstić information content (AvgIpc) is 2.82. The summed E-state index contributed by atoms with van der Waals surface area (Å²) < 4.78 is 7.74. The minimum Gasteiger partial charge on any atom is -0.484 e. The van der Waals surface area contributed by atoms with Gasteiger partial charge in [0, 0.05) is 28.0 Å². The summed E-state index contributed by atoms with van der Waals surface area (Å²) in [7, 11) is 0. The molecule has 3 aromatic rings. The third-order valence-electron chi connectivity index (χ3n) is 5.44. The molecule has 7 heteroatoms. The summed E-state index contributed by atoms with van der Waals surface area (Å²) in [5, 5.41) is 2.99. The van der Waals surface area contributed by atoms with Crippen molar-refractivity contribution >= 4 is 43.7 Å². The van der Waals surface area contributed by atoms with E-state index in [1.165, 1.54) is 0 Å². The van der Waals surface area contributed by atoms with Gasteiger partial charge in [-0.2, -0.15) is 0 Å². The predicted octanol–water partition coefficient (Wildman–Crippen LogP) is 6.06. The molecule has 35 heavy (non-hydrogen) atoms. The highest BCUT2D eigenvalue weighted by molar-refractivity contribution is 9.10. The van der Waals surface area contributed by atoms with Crippen molar-refractivity contribution in [3.63, 3.8) is 0 Å². The number of aryl methyl sites for hydroxylation is 1. The van der Waals surface area contributed by atoms with Crippen LogP contribution in [0.5, 0.6) is 5.75 Å². The largest absolute Gasteiger partial charge is 0.484 e. The maximum Gasteiger partial charge on any atom is 0.261 e. The van der Waals surface area contributed by atoms with Crippen LogP contribution in [0.25, 0.3) is 0 Å². The van der Waals surface area contributed by atoms with Crippen LogP contribution in [-0.2, 0) is 22.6 Å². The third kappa shape index (κ3) is 8.22. The zero-order valence-electron chi connectivity index (χ0n) is 20.1. The average molecular weight is 602 g/mol. The van der Waals surface area contributed by atoms with Crippen molar-refractivity contribution in [2.24, 2.45) is 0 Å². The Morgan fingerprint density at radius 2 is 1.66 bits per heavy atom. The Bertz CT molecular complexity index is 1150. The van der Waals surface area contributed by atoms with E-state index in [9.17, 15) is 9.59 Å². The van der Waals surface area contributed by atoms with Crippen LogP contribution in [0.15, 0.2) is 81.7 Å². The number of halogens is 2. The van der Waals surface area contributed by atoms with E-state index in [2.05, 4.69) is 37.2 Å². The smallest absolute Gasteiger partial charge is 0.261 e. The molecule has 2 amide bonds. The quantitative estimate of drug-likeness (QED) is 0.307. The maximum atomic E-state index is 13.6. The van der Waals surface area contributed by atoms with Gasteiger partial charge in [-0.3, -0.25) is 9.59 Å². The first kappa shape index (κ1) is 27.0. The van der Waals surface area contributed by atoms with Crippen LogP contribution in [0.3, 0.4) is 0 Å². The molecule has 0 unspecified atom stereocenters. The molecule has 0 aromatic heterocycles. The molecule has 3 aromatic carbocycles. The van der Waals surface area contributed by atoms with Crippen LogP contribution < -0.4 is 10.1 Å². The summed E-state index contributed by atoms with van der Waals surface area (Å²) in [4.78, 5) is 28.6. The second kappa shape index (κ2) is 12.9. The van der Waals surface area contributed by atoms with Crippen LogP contribution in [0, 0.1) is 6.92 Å². The summed E-state index contributed by atoms with van der Waals surface area (Å²) in [5.74, 6) is 0.157. The van der Waals surface area contributed by atoms with E-state index in [0.717, 1.165) is 25.6 Å². The van der Waals surface area contributed by atoms with Gasteiger partial charge in [-0.1, -0.05) is 74.3 Å². The fourth-order valence-electron chi connectivity index (χ4n) is 3.70. The standard InChI is InChI=1S/C28H30Br2N2O3/c1-19(2)31-28(34)26(16-21-8-5-4-6-9-21)32(17-22-10-7-11-23(29)15-22)27(33)18-35-24-12-13-25(30)20(3)14-24/h4-15,19,26H,16-18H2,1-3H3,(H,31,34)/t26-/m0/s1. The van der Waals surface area contributed by atoms with Gasteiger partial charge in [-0.15, -0.1) is 0 Å². The number of ether oxygens (including phenoxy) is 1. The van der Waals surface area contributed by atoms with Crippen molar-refractivity contribution in [2.45, 2.75) is 45.8 Å². The first-order valence-corrected chi connectivity index (χ1v) is 13.1. The van der Waals surface area contributed by atoms with Crippen molar-refractivity contribution < 1.29 is 14.3 Å². The van der Waals surface area contributed by atoms with Gasteiger partial charge in [0.2, 0.25) is 5.91 Å². The minimum absolute atomic E-state index is 0.0504. The molecule has 5 nitrogen and oxygen atoms in total. The van der Waals surface area contributed by atoms with Gasteiger partial charge in [0.05, 0.1) is 0 Å². The topological polar surface area (TPSA) is 58.6 Å². The number of hydrogen-bond acceptors (Lipinski definition) is 3. The van der Waals surface area contributed by atoms with E-state index in [0.29, 0.717) is 12.2 Å². The Kier molecular flexibility index (Phi) is 9.93. The highest BCUT2D eigenvalue weighted by Crippen LogP contribution is 2.22. The van der Waals surface area contributed by atoms with E-state index in [1.54, 1.807) is 4.90 Å². The Morgan fingerprint density at radius 3 is 2.31 bits per heavy atom. The molecule has 1 atom stereocenters. The van der Waals surface area contributed by atoms with E-state index < -0.39 is 6.04 Å². The van der Waals surface area contributed by atoms with Crippen molar-refractivity contribution in [3.05, 3.63) is 98.4 Å². The Balaban J connectivity index is 1.91. The third-order valence-corrected chi connectivity index (χ3v) is 6.82. The lowest BCUT2D eigenvalue weighted by Crippen LogP contribution is -2.52. The monoisotopic (exact) mass is 600 g/mol. The van der Waals surface area contributed by atoms with Gasteiger partial charge in [-0.05, 0) is 67.8 Å². The molecule has 0 aliphatic heterocycles. The van der Waals surface area contributed by atoms with Gasteiger partial charge in [0.15, 0.2) is 6.61 Å². The van der Waals surface area contributed by atoms with Crippen molar-refractivity contribution in [2.75, 3.05) is 6.61 Å². The molecular weight excluding hydrogens is 572 g/mol. The summed E-state index contributed by atoms with van der Waals surface area (Å²) >= 11 is 6.99. The predicted molar refractivity (Wildman–Crippen MR) is 146 cm³/mol. The number of nitrogens with one attached hydrogen (secondary N) is 1. The fourth-order valence-corrected chi connectivity index (χ4v) is 4.39. The van der Waals surface area contributed by atoms with Gasteiger partial charge in [0.25, 0.3) is 5.91 Å². The molecule has 0 aliphatic rings. The molecule has 0 heterocycles. The van der Waals surface area contributed by atoms with Crippen LogP contribution in [0.2, 0.25) is 0 Å². The van der Waals surface area contributed by atoms with Crippen LogP contribution in [0.4, 0.5) is 0 Å². The van der Waals surface area contributed by atoms with E-state index in [4.69, 9.17) is 4.74 Å². The molecule has 3 rings (SSSR count). The molecule has 0 radical (unpaired) electrons. The second-order valence-corrected chi connectivity index (χ2v) is 10.5. The highest BCUT2D eigenvalue weighted by Gasteiger charge is 2.31. The summed E-state index contributed by atoms with van der Waals surface area (Å²) in [6, 6.07) is 22.4. The first-order valence-electron chi connectivity index (χ1n) is 11.5. The van der Waals surface area contributed by atoms with Gasteiger partial charge >= 0.3 is 0 Å². The molecule has 0 saturated carbocycles. The number of nitrogens with zero attached hydrogens (tertiary/aromatic N) is 1. The number of benzene rings is 3. The minimum atomic E-state index is -0.693. The SMILES string of the molecule is Cc1cc(OCC(=O)N(Cc2cccc(Br)c2)[C@@H](Cc2ccccc2)C(=O)NC(C)C)ccc1Br. The lowest BCUT2D eigenvalue weighted by atomic mass is 10.0. The lowest BCUT2D eigenvalue weighted by Gasteiger charge is -2.32. The molecule has 0 aliphatic carbocycles. The number of carbonyl (C=O) groups is 2.